The number of carbonyl (C=O) groups is 1. The van der Waals surface area contributed by atoms with Gasteiger partial charge in [0.2, 0.25) is 0 Å². The number of aromatic nitrogens is 2. The summed E-state index contributed by atoms with van der Waals surface area (Å²) in [6, 6.07) is 0.329. The van der Waals surface area contributed by atoms with Gasteiger partial charge < -0.3 is 5.32 Å². The summed E-state index contributed by atoms with van der Waals surface area (Å²) < 4.78 is 1.99. The molecule has 2 rings (SSSR count). The monoisotopic (exact) mass is 207 g/mol. The normalized spacial score (nSPS) is 15.1. The van der Waals surface area contributed by atoms with Gasteiger partial charge in [0.05, 0.1) is 17.0 Å². The Morgan fingerprint density at radius 1 is 1.47 bits per heavy atom. The van der Waals surface area contributed by atoms with Crippen LogP contribution in [0.25, 0.3) is 0 Å². The third kappa shape index (κ3) is 1.59. The van der Waals surface area contributed by atoms with Gasteiger partial charge in [-0.1, -0.05) is 0 Å². The van der Waals surface area contributed by atoms with Crippen molar-refractivity contribution in [1.82, 2.24) is 15.1 Å². The van der Waals surface area contributed by atoms with E-state index in [0.717, 1.165) is 23.4 Å². The Kier molecular flexibility index (Phi) is 2.61. The van der Waals surface area contributed by atoms with Gasteiger partial charge in [0.1, 0.15) is 0 Å². The highest BCUT2D eigenvalue weighted by atomic mass is 16.1. The summed E-state index contributed by atoms with van der Waals surface area (Å²) in [4.78, 5) is 11.7. The van der Waals surface area contributed by atoms with E-state index in [0.29, 0.717) is 19.0 Å². The quantitative estimate of drug-likeness (QED) is 0.813. The topological polar surface area (TPSA) is 46.9 Å². The number of carbonyl (C=O) groups excluding carboxylic acids is 1. The molecule has 0 spiro atoms. The van der Waals surface area contributed by atoms with Crippen molar-refractivity contribution in [2.45, 2.75) is 39.3 Å². The van der Waals surface area contributed by atoms with Crippen LogP contribution in [0.1, 0.15) is 48.1 Å². The van der Waals surface area contributed by atoms with Gasteiger partial charge in [-0.15, -0.1) is 0 Å². The molecule has 0 amide bonds. The molecule has 1 aliphatic rings. The zero-order chi connectivity index (χ0) is 11.0. The molecule has 15 heavy (non-hydrogen) atoms. The first-order valence-corrected chi connectivity index (χ1v) is 5.43. The molecular weight excluding hydrogens is 190 g/mol. The summed E-state index contributed by atoms with van der Waals surface area (Å²) in [5.74, 6) is 0.252. The lowest BCUT2D eigenvalue weighted by atomic mass is 10.2. The first-order chi connectivity index (χ1) is 7.15. The van der Waals surface area contributed by atoms with Gasteiger partial charge in [0, 0.05) is 19.0 Å². The van der Waals surface area contributed by atoms with Crippen LogP contribution in [-0.2, 0) is 13.0 Å². The summed E-state index contributed by atoms with van der Waals surface area (Å²) in [5.41, 5.74) is 2.90. The predicted molar refractivity (Wildman–Crippen MR) is 58.0 cm³/mol. The summed E-state index contributed by atoms with van der Waals surface area (Å²) in [6.45, 7) is 4.87. The van der Waals surface area contributed by atoms with E-state index in [9.17, 15) is 4.79 Å². The van der Waals surface area contributed by atoms with Crippen molar-refractivity contribution in [3.63, 3.8) is 0 Å². The van der Waals surface area contributed by atoms with Crippen LogP contribution in [0.2, 0.25) is 0 Å². The van der Waals surface area contributed by atoms with E-state index < -0.39 is 0 Å². The van der Waals surface area contributed by atoms with Crippen LogP contribution in [0.4, 0.5) is 0 Å². The van der Waals surface area contributed by atoms with E-state index in [1.165, 1.54) is 0 Å². The Hall–Kier alpha value is -1.16. The van der Waals surface area contributed by atoms with Crippen LogP contribution in [0.3, 0.4) is 0 Å². The van der Waals surface area contributed by atoms with Crippen LogP contribution in [0.5, 0.6) is 0 Å². The molecule has 0 radical (unpaired) electrons. The number of nitrogens with zero attached hydrogens (tertiary/aromatic N) is 2. The molecule has 82 valence electrons. The average molecular weight is 207 g/mol. The number of nitrogens with one attached hydrogen (secondary N) is 1. The van der Waals surface area contributed by atoms with E-state index in [4.69, 9.17) is 0 Å². The molecule has 1 aromatic rings. The van der Waals surface area contributed by atoms with Crippen molar-refractivity contribution < 1.29 is 4.79 Å². The lowest BCUT2D eigenvalue weighted by Gasteiger charge is -2.08. The Bertz CT molecular complexity index is 393. The van der Waals surface area contributed by atoms with Gasteiger partial charge in [0.25, 0.3) is 0 Å². The van der Waals surface area contributed by atoms with Crippen molar-refractivity contribution in [2.24, 2.45) is 0 Å². The van der Waals surface area contributed by atoms with Gasteiger partial charge >= 0.3 is 0 Å². The van der Waals surface area contributed by atoms with Crippen LogP contribution in [0, 0.1) is 0 Å². The van der Waals surface area contributed by atoms with Gasteiger partial charge in [0.15, 0.2) is 5.78 Å². The molecule has 1 N–H and O–H groups in total. The maximum absolute atomic E-state index is 11.7. The van der Waals surface area contributed by atoms with Crippen molar-refractivity contribution in [3.05, 3.63) is 17.0 Å². The first-order valence-electron chi connectivity index (χ1n) is 5.43. The van der Waals surface area contributed by atoms with Crippen molar-refractivity contribution in [3.8, 4) is 0 Å². The number of hydrogen-bond donors (Lipinski definition) is 1. The molecule has 0 saturated carbocycles. The molecule has 4 heteroatoms. The number of ketones is 1. The fraction of sp³-hybridized carbons (Fsp3) is 0.636. The average Bonchev–Trinajstić information content (AvgIpc) is 2.70. The molecule has 0 fully saturated rings. The summed E-state index contributed by atoms with van der Waals surface area (Å²) >= 11 is 0. The molecule has 1 heterocycles. The Labute approximate surface area is 89.7 Å². The van der Waals surface area contributed by atoms with Gasteiger partial charge in [-0.3, -0.25) is 9.48 Å². The molecular formula is C11H17N3O. The molecule has 0 saturated heterocycles. The third-order valence-corrected chi connectivity index (χ3v) is 2.78. The molecule has 0 atom stereocenters. The van der Waals surface area contributed by atoms with Crippen LogP contribution in [0.15, 0.2) is 0 Å². The lowest BCUT2D eigenvalue weighted by molar-refractivity contribution is 0.0993. The van der Waals surface area contributed by atoms with Crippen molar-refractivity contribution in [1.29, 1.82) is 0 Å². The molecule has 1 aliphatic carbocycles. The minimum atomic E-state index is 0.252. The standard InChI is InChI=1S/C11H17N3O/c1-7(2)14-9-4-5-10(15)11(9)8(13-14)6-12-3/h7,12H,4-6H2,1-3H3. The number of Topliss-reactive ketones (excluding diaryl/α,β-unsaturated/α-hetero) is 1. The van der Waals surface area contributed by atoms with Gasteiger partial charge in [-0.05, 0) is 27.3 Å². The zero-order valence-electron chi connectivity index (χ0n) is 9.50. The predicted octanol–water partition coefficient (Wildman–Crippen LogP) is 1.31. The number of fused-ring (bicyclic) bond motifs is 1. The molecule has 1 aromatic heterocycles. The summed E-state index contributed by atoms with van der Waals surface area (Å²) in [6.07, 6.45) is 1.50. The van der Waals surface area contributed by atoms with Gasteiger partial charge in [-0.25, -0.2) is 0 Å². The highest BCUT2D eigenvalue weighted by Gasteiger charge is 2.29. The Morgan fingerprint density at radius 2 is 2.20 bits per heavy atom. The second-order valence-electron chi connectivity index (χ2n) is 4.26. The second-order valence-corrected chi connectivity index (χ2v) is 4.26. The van der Waals surface area contributed by atoms with Gasteiger partial charge in [-0.2, -0.15) is 5.10 Å². The van der Waals surface area contributed by atoms with E-state index in [1.54, 1.807) is 0 Å². The maximum atomic E-state index is 11.7. The SMILES string of the molecule is CNCc1nn(C(C)C)c2c1C(=O)CC2. The van der Waals surface area contributed by atoms with Crippen LogP contribution in [-0.4, -0.2) is 22.6 Å². The minimum absolute atomic E-state index is 0.252. The van der Waals surface area contributed by atoms with E-state index in [1.807, 2.05) is 11.7 Å². The highest BCUT2D eigenvalue weighted by molar-refractivity contribution is 6.01. The molecule has 0 bridgehead atoms. The highest BCUT2D eigenvalue weighted by Crippen LogP contribution is 2.27. The molecule has 0 aliphatic heterocycles. The fourth-order valence-electron chi connectivity index (χ4n) is 2.16. The Balaban J connectivity index is 2.49. The third-order valence-electron chi connectivity index (χ3n) is 2.78. The smallest absolute Gasteiger partial charge is 0.167 e. The molecule has 0 aromatic carbocycles. The largest absolute Gasteiger partial charge is 0.314 e. The fourth-order valence-corrected chi connectivity index (χ4v) is 2.16. The van der Waals surface area contributed by atoms with E-state index in [-0.39, 0.29) is 5.78 Å². The Morgan fingerprint density at radius 3 is 2.80 bits per heavy atom. The number of hydrogen-bond acceptors (Lipinski definition) is 3. The minimum Gasteiger partial charge on any atom is -0.314 e. The van der Waals surface area contributed by atoms with Crippen LogP contribution < -0.4 is 5.32 Å². The number of rotatable bonds is 3. The van der Waals surface area contributed by atoms with E-state index in [2.05, 4.69) is 24.3 Å². The molecule has 4 nitrogen and oxygen atoms in total. The first kappa shape index (κ1) is 10.4. The summed E-state index contributed by atoms with van der Waals surface area (Å²) in [5, 5.41) is 7.56. The van der Waals surface area contributed by atoms with E-state index >= 15 is 0 Å². The lowest BCUT2D eigenvalue weighted by Crippen LogP contribution is -2.11. The van der Waals surface area contributed by atoms with Crippen LogP contribution >= 0.6 is 0 Å². The molecule has 0 unspecified atom stereocenters. The second kappa shape index (κ2) is 3.77. The zero-order valence-corrected chi connectivity index (χ0v) is 9.50. The van der Waals surface area contributed by atoms with Crippen molar-refractivity contribution >= 4 is 5.78 Å². The summed E-state index contributed by atoms with van der Waals surface area (Å²) in [7, 11) is 1.88. The van der Waals surface area contributed by atoms with Crippen molar-refractivity contribution in [2.75, 3.05) is 7.05 Å². The maximum Gasteiger partial charge on any atom is 0.167 e.